The topological polar surface area (TPSA) is 122 Å². The molecule has 404 valence electrons. The van der Waals surface area contributed by atoms with Gasteiger partial charge in [0.2, 0.25) is 0 Å². The molecule has 2 aromatic rings. The number of ketones is 2. The number of fused-ring (bicyclic) bond motifs is 8. The molecule has 6 saturated carbocycles. The van der Waals surface area contributed by atoms with E-state index in [-0.39, 0.29) is 10.8 Å². The van der Waals surface area contributed by atoms with Crippen molar-refractivity contribution in [1.29, 1.82) is 0 Å². The predicted octanol–water partition coefficient (Wildman–Crippen LogP) is 14.4. The summed E-state index contributed by atoms with van der Waals surface area (Å²) >= 11 is 0. The molecule has 8 aliphatic carbocycles. The largest absolute Gasteiger partial charge is 0.759 e. The van der Waals surface area contributed by atoms with E-state index in [1.54, 1.807) is 11.1 Å². The summed E-state index contributed by atoms with van der Waals surface area (Å²) in [5.74, 6) is 7.94. The van der Waals surface area contributed by atoms with Gasteiger partial charge in [0.25, 0.3) is 0 Å². The van der Waals surface area contributed by atoms with Crippen molar-refractivity contribution in [3.8, 4) is 0 Å². The van der Waals surface area contributed by atoms with Crippen LogP contribution in [0.5, 0.6) is 0 Å². The molecular weight excluding hydrogens is 925 g/mol. The Morgan fingerprint density at radius 3 is 1.23 bits per heavy atom. The third-order valence-electron chi connectivity index (χ3n) is 22.2. The van der Waals surface area contributed by atoms with Crippen molar-refractivity contribution in [2.45, 2.75) is 223 Å². The first kappa shape index (κ1) is 56.2. The molecule has 0 N–H and O–H groups in total. The summed E-state index contributed by atoms with van der Waals surface area (Å²) in [5, 5.41) is 0. The summed E-state index contributed by atoms with van der Waals surface area (Å²) in [6.07, 6.45) is 36.4. The van der Waals surface area contributed by atoms with Gasteiger partial charge in [-0.15, -0.1) is 0 Å². The number of carbonyl (C=O) groups is 2. The van der Waals surface area contributed by atoms with Crippen molar-refractivity contribution in [3.05, 3.63) is 83.5 Å². The molecule has 2 heterocycles. The number of Topliss-reactive ketones (excluding diaryl/α,β-unsaturated/α-hetero) is 2. The zero-order valence-corrected chi connectivity index (χ0v) is 47.8. The molecule has 0 aromatic carbocycles. The van der Waals surface area contributed by atoms with E-state index in [9.17, 15) is 9.59 Å². The molecule has 0 spiro atoms. The van der Waals surface area contributed by atoms with Crippen LogP contribution in [-0.4, -0.2) is 29.1 Å². The average molecular weight is 1020 g/mol. The van der Waals surface area contributed by atoms with Gasteiger partial charge < -0.3 is 9.11 Å². The van der Waals surface area contributed by atoms with Crippen molar-refractivity contribution in [2.75, 3.05) is 0 Å². The monoisotopic (exact) mass is 1020 g/mol. The van der Waals surface area contributed by atoms with Gasteiger partial charge in [-0.3, -0.25) is 18.0 Å². The van der Waals surface area contributed by atoms with Crippen LogP contribution in [0.25, 0.3) is 0 Å². The second-order valence-corrected chi connectivity index (χ2v) is 28.1. The fraction of sp³-hybridized carbons (Fsp3) is 0.750. The van der Waals surface area contributed by atoms with Gasteiger partial charge in [0, 0.05) is 84.3 Å². The Hall–Kier alpha value is -3.01. The normalized spacial score (nSPS) is 36.6. The van der Waals surface area contributed by atoms with Crippen LogP contribution in [-0.2, 0) is 20.0 Å². The highest BCUT2D eigenvalue weighted by atomic mass is 32.3. The number of aromatic nitrogens is 2. The fourth-order valence-corrected chi connectivity index (χ4v) is 18.3. The molecule has 0 bridgehead atoms. The Morgan fingerprint density at radius 2 is 0.890 bits per heavy atom. The van der Waals surface area contributed by atoms with Crippen LogP contribution in [0.4, 0.5) is 0 Å². The highest BCUT2D eigenvalue weighted by molar-refractivity contribution is 7.79. The van der Waals surface area contributed by atoms with Gasteiger partial charge in [-0.1, -0.05) is 131 Å². The molecule has 9 heteroatoms. The third-order valence-corrected chi connectivity index (χ3v) is 22.2. The number of pyridine rings is 2. The lowest BCUT2D eigenvalue weighted by atomic mass is 9.48. The summed E-state index contributed by atoms with van der Waals surface area (Å²) in [4.78, 5) is 27.2. The Bertz CT molecular complexity index is 2270. The van der Waals surface area contributed by atoms with Crippen LogP contribution in [0.3, 0.4) is 0 Å². The van der Waals surface area contributed by atoms with Gasteiger partial charge in [-0.2, -0.15) is 0 Å². The van der Waals surface area contributed by atoms with Gasteiger partial charge in [-0.25, -0.2) is 9.13 Å². The molecular formula is C64H96N2O6S. The lowest BCUT2D eigenvalue weighted by Gasteiger charge is -2.56. The van der Waals surface area contributed by atoms with Crippen LogP contribution in [0.2, 0.25) is 0 Å². The summed E-state index contributed by atoms with van der Waals surface area (Å²) in [6.45, 7) is 24.4. The van der Waals surface area contributed by atoms with E-state index < -0.39 is 10.4 Å². The first-order valence-electron chi connectivity index (χ1n) is 29.6. The average Bonchev–Trinajstić information content (AvgIpc) is 3.78. The summed E-state index contributed by atoms with van der Waals surface area (Å²) in [5.41, 5.74) is 6.97. The molecule has 0 radical (unpaired) electrons. The number of rotatable bonds is 12. The zero-order chi connectivity index (χ0) is 52.7. The first-order valence-corrected chi connectivity index (χ1v) is 30.9. The standard InChI is InChI=1S/2C32H48NO.H2O4S/c2*1-22(2)10-9-11-23(3)28-21-29(34)30-26-13-12-24-20-25(33-18-7-6-8-19-33)14-16-31(24,4)27(26)15-17-32(28,30)5;1-5(2,3)4/h2*6-8,18-19,22-25,27-28H,9-17,20-21H2,1-5H3;(H2,1,2,3,4)/q2*+1;/p-2/t2*23-,24+,25+,27?,28-,31+,32-;/m11./s1. The zero-order valence-electron chi connectivity index (χ0n) is 47.0. The summed E-state index contributed by atoms with van der Waals surface area (Å²) < 4.78 is 39.0. The maximum atomic E-state index is 13.6. The van der Waals surface area contributed by atoms with E-state index in [2.05, 4.69) is 140 Å². The molecule has 73 heavy (non-hydrogen) atoms. The van der Waals surface area contributed by atoms with Gasteiger partial charge in [0.15, 0.2) is 48.4 Å². The number of hydrogen-bond donors (Lipinski definition) is 0. The lowest BCUT2D eigenvalue weighted by molar-refractivity contribution is -0.728. The molecule has 8 aliphatic rings. The second-order valence-electron chi connectivity index (χ2n) is 27.3. The molecule has 10 rings (SSSR count). The molecule has 6 fully saturated rings. The van der Waals surface area contributed by atoms with E-state index in [0.29, 0.717) is 70.0 Å². The Labute approximate surface area is 443 Å². The highest BCUT2D eigenvalue weighted by Gasteiger charge is 2.60. The van der Waals surface area contributed by atoms with Crippen LogP contribution >= 0.6 is 0 Å². The molecule has 8 nitrogen and oxygen atoms in total. The number of hydrogen-bond acceptors (Lipinski definition) is 6. The van der Waals surface area contributed by atoms with E-state index in [1.165, 1.54) is 140 Å². The number of allylic oxidation sites excluding steroid dienone is 4. The lowest BCUT2D eigenvalue weighted by Crippen LogP contribution is -2.51. The summed E-state index contributed by atoms with van der Waals surface area (Å²) in [6, 6.07) is 14.2. The van der Waals surface area contributed by atoms with Gasteiger partial charge in [0.05, 0.1) is 0 Å². The fourth-order valence-electron chi connectivity index (χ4n) is 18.3. The van der Waals surface area contributed by atoms with E-state index in [1.807, 2.05) is 0 Å². The molecule has 2 aromatic heterocycles. The third kappa shape index (κ3) is 11.7. The van der Waals surface area contributed by atoms with Crippen LogP contribution < -0.4 is 9.13 Å². The maximum Gasteiger partial charge on any atom is 0.169 e. The van der Waals surface area contributed by atoms with Crippen LogP contribution in [0.1, 0.15) is 223 Å². The quantitative estimate of drug-likeness (QED) is 0.119. The smallest absolute Gasteiger partial charge is 0.169 e. The van der Waals surface area contributed by atoms with Crippen molar-refractivity contribution < 1.29 is 36.2 Å². The minimum atomic E-state index is -5.17. The van der Waals surface area contributed by atoms with Crippen molar-refractivity contribution in [3.63, 3.8) is 0 Å². The SMILES string of the molecule is CC(C)CCC[C@@H](C)[C@H]1CC(=O)C2=C3CC[C@H]4C[C@@H]([n+]5ccccc5)CC[C@]4(C)C3CC[C@@]21C.CC(C)CCC[C@@H](C)[C@H]1CC(=O)C2=C3CC[C@H]4C[C@@H]([n+]5ccccc5)CC[C@]4(C)C3CC[C@@]21C.O=S(=O)([O-])[O-]. The maximum absolute atomic E-state index is 13.6. The Kier molecular flexibility index (Phi) is 17.3. The second kappa shape index (κ2) is 22.5. The molecule has 2 unspecified atom stereocenters. The van der Waals surface area contributed by atoms with Gasteiger partial charge in [-0.05, 0) is 145 Å². The van der Waals surface area contributed by atoms with Crippen molar-refractivity contribution in [2.24, 2.45) is 80.8 Å². The van der Waals surface area contributed by atoms with Crippen molar-refractivity contribution >= 4 is 22.0 Å². The van der Waals surface area contributed by atoms with Gasteiger partial charge >= 0.3 is 0 Å². The highest BCUT2D eigenvalue weighted by Crippen LogP contribution is 2.67. The van der Waals surface area contributed by atoms with E-state index in [4.69, 9.17) is 17.5 Å². The number of carbonyl (C=O) groups excluding carboxylic acids is 2. The van der Waals surface area contributed by atoms with Crippen LogP contribution in [0.15, 0.2) is 83.5 Å². The molecule has 0 amide bonds. The van der Waals surface area contributed by atoms with E-state index in [0.717, 1.165) is 36.5 Å². The first-order chi connectivity index (χ1) is 34.5. The molecule has 14 atom stereocenters. The predicted molar refractivity (Wildman–Crippen MR) is 289 cm³/mol. The Balaban J connectivity index is 0.000000178. The number of nitrogens with zero attached hydrogens (tertiary/aromatic N) is 2. The molecule has 0 aliphatic heterocycles. The minimum Gasteiger partial charge on any atom is -0.759 e. The van der Waals surface area contributed by atoms with Crippen LogP contribution in [0, 0.1) is 80.8 Å². The minimum absolute atomic E-state index is 0.139. The Morgan fingerprint density at radius 1 is 0.534 bits per heavy atom. The van der Waals surface area contributed by atoms with Crippen molar-refractivity contribution in [1.82, 2.24) is 0 Å². The van der Waals surface area contributed by atoms with Gasteiger partial charge in [0.1, 0.15) is 0 Å². The van der Waals surface area contributed by atoms with E-state index >= 15 is 0 Å². The molecule has 0 saturated heterocycles. The summed E-state index contributed by atoms with van der Waals surface area (Å²) in [7, 11) is -5.17.